The number of carbonyl (C=O) groups is 1. The van der Waals surface area contributed by atoms with Gasteiger partial charge in [0.1, 0.15) is 11.5 Å². The number of aliphatic hydroxyl groups excluding tert-OH is 1. The molecule has 0 unspecified atom stereocenters. The fourth-order valence-electron chi connectivity index (χ4n) is 2.35. The average Bonchev–Trinajstić information content (AvgIpc) is 2.47. The van der Waals surface area contributed by atoms with E-state index in [9.17, 15) is 30.3 Å². The number of phenolic OH excluding ortho intramolecular Hbond substituents is 4. The molecular weight excluding hydrogens is 292 g/mol. The molecule has 0 aliphatic carbocycles. The predicted octanol–water partition coefficient (Wildman–Crippen LogP) is 1.19. The van der Waals surface area contributed by atoms with Gasteiger partial charge in [-0.3, -0.25) is 4.79 Å². The average molecular weight is 304 g/mol. The van der Waals surface area contributed by atoms with Crippen LogP contribution in [0.4, 0.5) is 0 Å². The number of aliphatic hydroxyl groups is 1. The van der Waals surface area contributed by atoms with Crippen LogP contribution in [0.25, 0.3) is 0 Å². The Morgan fingerprint density at radius 1 is 0.955 bits per heavy atom. The van der Waals surface area contributed by atoms with Crippen LogP contribution >= 0.6 is 0 Å². The number of ketones is 1. The van der Waals surface area contributed by atoms with Crippen molar-refractivity contribution in [1.29, 1.82) is 0 Å². The zero-order chi connectivity index (χ0) is 16.0. The van der Waals surface area contributed by atoms with Crippen molar-refractivity contribution in [2.24, 2.45) is 0 Å². The molecule has 2 atom stereocenters. The summed E-state index contributed by atoms with van der Waals surface area (Å²) in [5, 5.41) is 48.0. The first-order chi connectivity index (χ1) is 10.4. The minimum Gasteiger partial charge on any atom is -0.508 e. The Labute approximate surface area is 124 Å². The summed E-state index contributed by atoms with van der Waals surface area (Å²) in [7, 11) is 0. The van der Waals surface area contributed by atoms with Gasteiger partial charge >= 0.3 is 0 Å². The van der Waals surface area contributed by atoms with E-state index in [0.717, 1.165) is 12.1 Å². The molecule has 0 bridgehead atoms. The molecule has 22 heavy (non-hydrogen) atoms. The molecule has 2 aromatic rings. The number of fused-ring (bicyclic) bond motifs is 1. The summed E-state index contributed by atoms with van der Waals surface area (Å²) < 4.78 is 5.50. The van der Waals surface area contributed by atoms with E-state index in [1.807, 2.05) is 0 Å². The monoisotopic (exact) mass is 304 g/mol. The summed E-state index contributed by atoms with van der Waals surface area (Å²) in [4.78, 5) is 12.2. The number of hydrogen-bond donors (Lipinski definition) is 5. The van der Waals surface area contributed by atoms with Gasteiger partial charge in [-0.05, 0) is 24.3 Å². The first-order valence-electron chi connectivity index (χ1n) is 6.35. The van der Waals surface area contributed by atoms with E-state index in [2.05, 4.69) is 0 Å². The van der Waals surface area contributed by atoms with Crippen LogP contribution in [0, 0.1) is 0 Å². The molecule has 1 aliphatic rings. The number of hydrogen-bond acceptors (Lipinski definition) is 7. The number of phenols is 4. The van der Waals surface area contributed by atoms with Crippen molar-refractivity contribution in [3.8, 4) is 28.7 Å². The summed E-state index contributed by atoms with van der Waals surface area (Å²) in [5.74, 6) is -2.58. The van der Waals surface area contributed by atoms with Gasteiger partial charge in [0.15, 0.2) is 35.2 Å². The second-order valence-corrected chi connectivity index (χ2v) is 4.94. The lowest BCUT2D eigenvalue weighted by atomic mass is 9.93. The van der Waals surface area contributed by atoms with Crippen LogP contribution in [0.5, 0.6) is 28.7 Å². The number of aromatic hydroxyl groups is 4. The van der Waals surface area contributed by atoms with Gasteiger partial charge in [0.2, 0.25) is 0 Å². The molecule has 7 nitrogen and oxygen atoms in total. The van der Waals surface area contributed by atoms with Crippen LogP contribution in [0.3, 0.4) is 0 Å². The fraction of sp³-hybridized carbons (Fsp3) is 0.133. The number of rotatable bonds is 1. The number of Topliss-reactive ketones (excluding diaryl/α,β-unsaturated/α-hetero) is 1. The molecule has 0 spiro atoms. The molecule has 0 aromatic heterocycles. The third kappa shape index (κ3) is 2.08. The molecular formula is C15H12O7. The van der Waals surface area contributed by atoms with Crippen molar-refractivity contribution < 1.29 is 35.1 Å². The smallest absolute Gasteiger partial charge is 0.200 e. The van der Waals surface area contributed by atoms with Crippen LogP contribution < -0.4 is 4.74 Å². The highest BCUT2D eigenvalue weighted by Crippen LogP contribution is 2.42. The molecule has 5 N–H and O–H groups in total. The van der Waals surface area contributed by atoms with Crippen LogP contribution in [0.15, 0.2) is 30.3 Å². The van der Waals surface area contributed by atoms with Crippen LogP contribution in [-0.4, -0.2) is 37.4 Å². The van der Waals surface area contributed by atoms with Gasteiger partial charge in [0.05, 0.1) is 5.56 Å². The van der Waals surface area contributed by atoms with Crippen molar-refractivity contribution in [1.82, 2.24) is 0 Å². The van der Waals surface area contributed by atoms with Crippen LogP contribution in [0.2, 0.25) is 0 Å². The van der Waals surface area contributed by atoms with Gasteiger partial charge < -0.3 is 30.3 Å². The molecule has 0 radical (unpaired) electrons. The standard InChI is InChI=1S/C15H12O7/c16-7-1-2-8-11(5-7)22-15(14(21)12(8)19)6-3-9(17)13(20)10(18)4-6/h1-5,14-18,20-21H/t14-,15+/m0/s1. The quantitative estimate of drug-likeness (QED) is 0.501. The maximum Gasteiger partial charge on any atom is 0.200 e. The Morgan fingerprint density at radius 2 is 1.59 bits per heavy atom. The maximum atomic E-state index is 12.2. The summed E-state index contributed by atoms with van der Waals surface area (Å²) in [5.41, 5.74) is 0.219. The van der Waals surface area contributed by atoms with E-state index < -0.39 is 35.2 Å². The lowest BCUT2D eigenvalue weighted by Gasteiger charge is -2.30. The Balaban J connectivity index is 2.08. The molecule has 114 valence electrons. The zero-order valence-corrected chi connectivity index (χ0v) is 11.1. The first-order valence-corrected chi connectivity index (χ1v) is 6.35. The van der Waals surface area contributed by atoms with Crippen molar-refractivity contribution >= 4 is 5.78 Å². The largest absolute Gasteiger partial charge is 0.508 e. The second kappa shape index (κ2) is 4.81. The Kier molecular flexibility index (Phi) is 3.07. The summed E-state index contributed by atoms with van der Waals surface area (Å²) >= 11 is 0. The highest BCUT2D eigenvalue weighted by Gasteiger charge is 2.37. The minimum absolute atomic E-state index is 0.0763. The van der Waals surface area contributed by atoms with Crippen LogP contribution in [0.1, 0.15) is 22.0 Å². The molecule has 2 aromatic carbocycles. The molecule has 7 heteroatoms. The lowest BCUT2D eigenvalue weighted by Crippen LogP contribution is -2.36. The molecule has 0 amide bonds. The molecule has 0 fully saturated rings. The van der Waals surface area contributed by atoms with Gasteiger partial charge in [-0.25, -0.2) is 0 Å². The van der Waals surface area contributed by atoms with Gasteiger partial charge in [0, 0.05) is 11.6 Å². The van der Waals surface area contributed by atoms with Crippen LogP contribution in [-0.2, 0) is 0 Å². The molecule has 0 saturated heterocycles. The summed E-state index contributed by atoms with van der Waals surface area (Å²) in [6.07, 6.45) is -2.75. The van der Waals surface area contributed by atoms with E-state index in [0.29, 0.717) is 0 Å². The first kappa shape index (κ1) is 14.0. The minimum atomic E-state index is -1.56. The topological polar surface area (TPSA) is 127 Å². The predicted molar refractivity (Wildman–Crippen MR) is 73.2 cm³/mol. The second-order valence-electron chi connectivity index (χ2n) is 4.94. The van der Waals surface area contributed by atoms with E-state index in [4.69, 9.17) is 4.74 Å². The normalized spacial score (nSPS) is 20.3. The van der Waals surface area contributed by atoms with Crippen molar-refractivity contribution in [2.45, 2.75) is 12.2 Å². The van der Waals surface area contributed by atoms with E-state index in [-0.39, 0.29) is 22.6 Å². The van der Waals surface area contributed by atoms with Gasteiger partial charge in [-0.1, -0.05) is 0 Å². The summed E-state index contributed by atoms with van der Waals surface area (Å²) in [6, 6.07) is 6.00. The lowest BCUT2D eigenvalue weighted by molar-refractivity contribution is 0.0214. The highest BCUT2D eigenvalue weighted by atomic mass is 16.5. The number of ether oxygens (including phenoxy) is 1. The Bertz CT molecular complexity index is 745. The Morgan fingerprint density at radius 3 is 2.23 bits per heavy atom. The third-order valence-electron chi connectivity index (χ3n) is 3.46. The molecule has 1 heterocycles. The summed E-state index contributed by atoms with van der Waals surface area (Å²) in [6.45, 7) is 0. The Hall–Kier alpha value is -2.93. The van der Waals surface area contributed by atoms with E-state index >= 15 is 0 Å². The molecule has 0 saturated carbocycles. The van der Waals surface area contributed by atoms with Gasteiger partial charge in [-0.15, -0.1) is 0 Å². The van der Waals surface area contributed by atoms with E-state index in [1.165, 1.54) is 18.2 Å². The number of carbonyl (C=O) groups excluding carboxylic acids is 1. The maximum absolute atomic E-state index is 12.2. The van der Waals surface area contributed by atoms with Crippen molar-refractivity contribution in [2.75, 3.05) is 0 Å². The SMILES string of the molecule is O=C1c2ccc(O)cc2O[C@H](c2cc(O)c(O)c(O)c2)[C@H]1O. The number of benzene rings is 2. The highest BCUT2D eigenvalue weighted by molar-refractivity contribution is 6.03. The molecule has 1 aliphatic heterocycles. The fourth-order valence-corrected chi connectivity index (χ4v) is 2.35. The van der Waals surface area contributed by atoms with Crippen molar-refractivity contribution in [3.63, 3.8) is 0 Å². The van der Waals surface area contributed by atoms with Gasteiger partial charge in [-0.2, -0.15) is 0 Å². The van der Waals surface area contributed by atoms with E-state index in [1.54, 1.807) is 0 Å². The molecule has 3 rings (SSSR count). The third-order valence-corrected chi connectivity index (χ3v) is 3.46. The zero-order valence-electron chi connectivity index (χ0n) is 11.1. The van der Waals surface area contributed by atoms with Crippen molar-refractivity contribution in [3.05, 3.63) is 41.5 Å². The van der Waals surface area contributed by atoms with Gasteiger partial charge in [0.25, 0.3) is 0 Å².